The van der Waals surface area contributed by atoms with Gasteiger partial charge in [0.05, 0.1) is 58.6 Å². The summed E-state index contributed by atoms with van der Waals surface area (Å²) in [7, 11) is -2.02. The molecule has 0 saturated carbocycles. The summed E-state index contributed by atoms with van der Waals surface area (Å²) in [5, 5.41) is 8.39. The summed E-state index contributed by atoms with van der Waals surface area (Å²) in [4.78, 5) is 0. The molecule has 0 aliphatic rings. The Bertz CT molecular complexity index is 256. The molecule has 0 bridgehead atoms. The van der Waals surface area contributed by atoms with Gasteiger partial charge in [0.15, 0.2) is 0 Å². The van der Waals surface area contributed by atoms with E-state index in [9.17, 15) is 8.42 Å². The third-order valence-electron chi connectivity index (χ3n) is 1.78. The minimum absolute atomic E-state index is 0.0557. The van der Waals surface area contributed by atoms with Gasteiger partial charge in [-0.3, -0.25) is 4.55 Å². The Kier molecular flexibility index (Phi) is 18.4. The van der Waals surface area contributed by atoms with E-state index in [4.69, 9.17) is 28.6 Å². The molecule has 124 valence electrons. The molecule has 20 heavy (non-hydrogen) atoms. The Morgan fingerprint density at radius 1 is 0.850 bits per heavy atom. The monoisotopic (exact) mass is 318 g/mol. The second-order valence-electron chi connectivity index (χ2n) is 3.42. The van der Waals surface area contributed by atoms with Crippen LogP contribution in [0.15, 0.2) is 0 Å². The summed E-state index contributed by atoms with van der Waals surface area (Å²) in [5.74, 6) is -0.201. The van der Waals surface area contributed by atoms with Crippen LogP contribution in [0.1, 0.15) is 6.92 Å². The van der Waals surface area contributed by atoms with Crippen LogP contribution < -0.4 is 0 Å². The molecule has 0 aromatic carbocycles. The van der Waals surface area contributed by atoms with Crippen molar-refractivity contribution in [3.05, 3.63) is 0 Å². The summed E-state index contributed by atoms with van der Waals surface area (Å²) in [6.45, 7) is 5.19. The third kappa shape index (κ3) is 26.3. The number of methoxy groups -OCH3 is 1. The molecule has 0 aromatic heterocycles. The van der Waals surface area contributed by atoms with Crippen molar-refractivity contribution in [1.82, 2.24) is 0 Å². The molecule has 8 nitrogen and oxygen atoms in total. The van der Waals surface area contributed by atoms with Crippen molar-refractivity contribution < 1.29 is 37.0 Å². The van der Waals surface area contributed by atoms with E-state index in [1.165, 1.54) is 6.92 Å². The molecular formula is C11H26O8S. The topological polar surface area (TPSA) is 112 Å². The van der Waals surface area contributed by atoms with Gasteiger partial charge in [0.25, 0.3) is 10.1 Å². The van der Waals surface area contributed by atoms with Crippen LogP contribution >= 0.6 is 0 Å². The molecular weight excluding hydrogens is 292 g/mol. The van der Waals surface area contributed by atoms with Gasteiger partial charge in [-0.05, 0) is 6.92 Å². The van der Waals surface area contributed by atoms with Gasteiger partial charge in [-0.1, -0.05) is 0 Å². The Hall–Kier alpha value is -0.290. The van der Waals surface area contributed by atoms with Crippen molar-refractivity contribution in [3.8, 4) is 0 Å². The molecule has 0 unspecified atom stereocenters. The third-order valence-corrected chi connectivity index (χ3v) is 2.51. The van der Waals surface area contributed by atoms with E-state index < -0.39 is 10.1 Å². The van der Waals surface area contributed by atoms with Crippen LogP contribution in [-0.4, -0.2) is 83.8 Å². The first kappa shape index (κ1) is 22.0. The second-order valence-corrected chi connectivity index (χ2v) is 5.17. The highest BCUT2D eigenvalue weighted by atomic mass is 32.2. The van der Waals surface area contributed by atoms with Crippen molar-refractivity contribution in [1.29, 1.82) is 0 Å². The average Bonchev–Trinajstić information content (AvgIpc) is 2.41. The van der Waals surface area contributed by atoms with Gasteiger partial charge >= 0.3 is 0 Å². The van der Waals surface area contributed by atoms with E-state index in [-0.39, 0.29) is 12.4 Å². The lowest BCUT2D eigenvalue weighted by atomic mass is 10.7. The van der Waals surface area contributed by atoms with Gasteiger partial charge in [-0.25, -0.2) is 0 Å². The predicted octanol–water partition coefficient (Wildman–Crippen LogP) is -0.431. The maximum Gasteiger partial charge on any atom is 0.264 e. The van der Waals surface area contributed by atoms with Crippen LogP contribution in [-0.2, 0) is 29.1 Å². The largest absolute Gasteiger partial charge is 0.394 e. The number of ether oxygens (including phenoxy) is 4. The summed E-state index contributed by atoms with van der Waals surface area (Å²) >= 11 is 0. The predicted molar refractivity (Wildman–Crippen MR) is 73.5 cm³/mol. The molecule has 0 radical (unpaired) electrons. The second kappa shape index (κ2) is 16.8. The van der Waals surface area contributed by atoms with Crippen LogP contribution in [0.3, 0.4) is 0 Å². The zero-order valence-corrected chi connectivity index (χ0v) is 12.9. The number of hydrogen-bond acceptors (Lipinski definition) is 7. The molecule has 0 heterocycles. The Balaban J connectivity index is 0. The normalized spacial score (nSPS) is 11.0. The molecule has 0 aliphatic carbocycles. The van der Waals surface area contributed by atoms with Gasteiger partial charge in [0.1, 0.15) is 0 Å². The highest BCUT2D eigenvalue weighted by molar-refractivity contribution is 7.85. The molecule has 0 amide bonds. The van der Waals surface area contributed by atoms with Crippen LogP contribution in [0, 0.1) is 0 Å². The first-order valence-electron chi connectivity index (χ1n) is 6.26. The maximum atomic E-state index is 9.56. The van der Waals surface area contributed by atoms with Gasteiger partial charge in [0.2, 0.25) is 0 Å². The van der Waals surface area contributed by atoms with E-state index in [0.29, 0.717) is 46.2 Å². The molecule has 2 N–H and O–H groups in total. The van der Waals surface area contributed by atoms with Crippen LogP contribution in [0.2, 0.25) is 0 Å². The van der Waals surface area contributed by atoms with Crippen LogP contribution in [0.25, 0.3) is 0 Å². The molecule has 0 aromatic rings. The van der Waals surface area contributed by atoms with Gasteiger partial charge in [0, 0.05) is 7.11 Å². The summed E-state index contributed by atoms with van der Waals surface area (Å²) in [6.07, 6.45) is 0. The SMILES string of the molecule is CCS(=O)(=O)O.COCCOCCOCCOCCO. The smallest absolute Gasteiger partial charge is 0.264 e. The average molecular weight is 318 g/mol. The molecule has 0 spiro atoms. The first-order chi connectivity index (χ1) is 9.47. The number of aliphatic hydroxyl groups is 1. The quantitative estimate of drug-likeness (QED) is 0.368. The van der Waals surface area contributed by atoms with E-state index in [1.54, 1.807) is 7.11 Å². The Labute approximate surface area is 120 Å². The Morgan fingerprint density at radius 3 is 1.50 bits per heavy atom. The first-order valence-corrected chi connectivity index (χ1v) is 7.87. The fourth-order valence-corrected chi connectivity index (χ4v) is 0.749. The minimum atomic E-state index is -3.66. The van der Waals surface area contributed by atoms with E-state index in [2.05, 4.69) is 0 Å². The fraction of sp³-hybridized carbons (Fsp3) is 1.00. The van der Waals surface area contributed by atoms with E-state index in [0.717, 1.165) is 0 Å². The van der Waals surface area contributed by atoms with Crippen molar-refractivity contribution in [2.75, 3.05) is 65.7 Å². The van der Waals surface area contributed by atoms with Crippen LogP contribution in [0.4, 0.5) is 0 Å². The van der Waals surface area contributed by atoms with Crippen molar-refractivity contribution in [2.45, 2.75) is 6.92 Å². The molecule has 0 rings (SSSR count). The van der Waals surface area contributed by atoms with Gasteiger partial charge in [-0.2, -0.15) is 8.42 Å². The fourth-order valence-electron chi connectivity index (χ4n) is 0.749. The number of hydrogen-bond donors (Lipinski definition) is 2. The molecule has 0 atom stereocenters. The summed E-state index contributed by atoms with van der Waals surface area (Å²) < 4.78 is 47.1. The lowest BCUT2D eigenvalue weighted by molar-refractivity contribution is -0.000973. The standard InChI is InChI=1S/C9H20O5.C2H6O3S/c1-11-4-5-13-8-9-14-7-6-12-3-2-10;1-2-6(3,4)5/h10H,2-9H2,1H3;2H2,1H3,(H,3,4,5). The molecule has 0 aliphatic heterocycles. The molecule has 0 fully saturated rings. The van der Waals surface area contributed by atoms with Gasteiger partial charge < -0.3 is 24.1 Å². The lowest BCUT2D eigenvalue weighted by Gasteiger charge is -2.05. The lowest BCUT2D eigenvalue weighted by Crippen LogP contribution is -2.12. The zero-order valence-electron chi connectivity index (χ0n) is 12.1. The molecule has 0 saturated heterocycles. The van der Waals surface area contributed by atoms with Crippen molar-refractivity contribution >= 4 is 10.1 Å². The zero-order chi connectivity index (χ0) is 15.7. The summed E-state index contributed by atoms with van der Waals surface area (Å²) in [5.41, 5.74) is 0. The Morgan fingerprint density at radius 2 is 1.20 bits per heavy atom. The highest BCUT2D eigenvalue weighted by Crippen LogP contribution is 1.81. The van der Waals surface area contributed by atoms with Crippen LogP contribution in [0.5, 0.6) is 0 Å². The van der Waals surface area contributed by atoms with E-state index >= 15 is 0 Å². The number of rotatable bonds is 12. The highest BCUT2D eigenvalue weighted by Gasteiger charge is 1.93. The van der Waals surface area contributed by atoms with E-state index in [1.807, 2.05) is 0 Å². The summed E-state index contributed by atoms with van der Waals surface area (Å²) in [6, 6.07) is 0. The maximum absolute atomic E-state index is 9.56. The van der Waals surface area contributed by atoms with Crippen molar-refractivity contribution in [3.63, 3.8) is 0 Å². The number of aliphatic hydroxyl groups excluding tert-OH is 1. The minimum Gasteiger partial charge on any atom is -0.394 e. The van der Waals surface area contributed by atoms with Crippen molar-refractivity contribution in [2.24, 2.45) is 0 Å². The van der Waals surface area contributed by atoms with Gasteiger partial charge in [-0.15, -0.1) is 0 Å². The molecule has 9 heteroatoms.